The van der Waals surface area contributed by atoms with Gasteiger partial charge in [0, 0.05) is 24.2 Å². The van der Waals surface area contributed by atoms with Gasteiger partial charge >= 0.3 is 0 Å². The molecule has 29 heavy (non-hydrogen) atoms. The number of sulfonamides is 1. The highest BCUT2D eigenvalue weighted by Crippen LogP contribution is 2.38. The Hall–Kier alpha value is -2.35. The first-order valence-electron chi connectivity index (χ1n) is 10.0. The van der Waals surface area contributed by atoms with Crippen molar-refractivity contribution in [2.24, 2.45) is 11.3 Å². The number of rotatable bonds is 3. The van der Waals surface area contributed by atoms with Crippen LogP contribution in [0.2, 0.25) is 0 Å². The zero-order valence-corrected chi connectivity index (χ0v) is 17.9. The van der Waals surface area contributed by atoms with Gasteiger partial charge in [0.05, 0.1) is 11.4 Å². The van der Waals surface area contributed by atoms with Crippen molar-refractivity contribution in [1.29, 1.82) is 0 Å². The molecule has 0 unspecified atom stereocenters. The molecule has 1 aromatic heterocycles. The molecule has 1 atom stereocenters. The Morgan fingerprint density at radius 2 is 1.97 bits per heavy atom. The van der Waals surface area contributed by atoms with Gasteiger partial charge in [-0.05, 0) is 54.9 Å². The maximum Gasteiger partial charge on any atom is 0.278 e. The van der Waals surface area contributed by atoms with E-state index in [1.54, 1.807) is 24.3 Å². The lowest BCUT2D eigenvalue weighted by atomic mass is 9.71. The molecule has 1 amide bonds. The van der Waals surface area contributed by atoms with E-state index < -0.39 is 10.0 Å². The number of fused-ring (bicyclic) bond motifs is 1. The highest BCUT2D eigenvalue weighted by molar-refractivity contribution is 7.93. The summed E-state index contributed by atoms with van der Waals surface area (Å²) in [6, 6.07) is 6.86. The van der Waals surface area contributed by atoms with Crippen LogP contribution in [0.15, 0.2) is 28.8 Å². The van der Waals surface area contributed by atoms with Crippen molar-refractivity contribution in [3.63, 3.8) is 0 Å². The van der Waals surface area contributed by atoms with Crippen molar-refractivity contribution in [1.82, 2.24) is 5.16 Å². The number of hydrogen-bond donors (Lipinski definition) is 1. The van der Waals surface area contributed by atoms with E-state index in [1.807, 2.05) is 0 Å². The van der Waals surface area contributed by atoms with E-state index in [2.05, 4.69) is 31.2 Å². The summed E-state index contributed by atoms with van der Waals surface area (Å²) in [7, 11) is -3.22. The van der Waals surface area contributed by atoms with Crippen LogP contribution < -0.4 is 9.62 Å². The van der Waals surface area contributed by atoms with E-state index in [9.17, 15) is 13.2 Å². The predicted molar refractivity (Wildman–Crippen MR) is 112 cm³/mol. The van der Waals surface area contributed by atoms with E-state index in [0.717, 1.165) is 30.6 Å². The highest BCUT2D eigenvalue weighted by atomic mass is 32.2. The van der Waals surface area contributed by atoms with Crippen LogP contribution in [0.3, 0.4) is 0 Å². The lowest BCUT2D eigenvalue weighted by Gasteiger charge is -2.33. The molecule has 0 radical (unpaired) electrons. The summed E-state index contributed by atoms with van der Waals surface area (Å²) in [6.07, 6.45) is 3.26. The quantitative estimate of drug-likeness (QED) is 0.823. The minimum atomic E-state index is -3.22. The Bertz CT molecular complexity index is 1020. The first-order chi connectivity index (χ1) is 13.6. The number of hydrogen-bond acceptors (Lipinski definition) is 5. The Labute approximate surface area is 171 Å². The maximum absolute atomic E-state index is 12.8. The maximum atomic E-state index is 12.8. The van der Waals surface area contributed by atoms with Crippen molar-refractivity contribution in [3.05, 3.63) is 41.3 Å². The first kappa shape index (κ1) is 19.9. The standard InChI is InChI=1S/C21H27N3O4S/c1-21(2,3)14-5-10-18-17(13-14)19(23-28-18)20(25)22-15-6-8-16(9-7-15)24-11-4-12-29(24,26)27/h6-9,14H,4-5,10-13H2,1-3H3,(H,22,25)/t14-/m1/s1. The fourth-order valence-corrected chi connectivity index (χ4v) is 5.72. The summed E-state index contributed by atoms with van der Waals surface area (Å²) in [5, 5.41) is 6.89. The molecule has 1 fully saturated rings. The van der Waals surface area contributed by atoms with Crippen LogP contribution in [0.5, 0.6) is 0 Å². The molecule has 1 aliphatic heterocycles. The molecule has 1 aromatic carbocycles. The predicted octanol–water partition coefficient (Wildman–Crippen LogP) is 3.62. The monoisotopic (exact) mass is 417 g/mol. The van der Waals surface area contributed by atoms with Gasteiger partial charge in [-0.2, -0.15) is 0 Å². The minimum absolute atomic E-state index is 0.161. The van der Waals surface area contributed by atoms with Crippen molar-refractivity contribution in [2.75, 3.05) is 21.9 Å². The molecule has 1 N–H and O–H groups in total. The summed E-state index contributed by atoms with van der Waals surface area (Å²) in [5.74, 6) is 1.16. The minimum Gasteiger partial charge on any atom is -0.360 e. The second kappa shape index (κ2) is 7.16. The van der Waals surface area contributed by atoms with E-state index in [4.69, 9.17) is 4.52 Å². The topological polar surface area (TPSA) is 92.5 Å². The molecular weight excluding hydrogens is 390 g/mol. The van der Waals surface area contributed by atoms with Gasteiger partial charge in [-0.25, -0.2) is 8.42 Å². The SMILES string of the molecule is CC(C)(C)[C@@H]1CCc2onc(C(=O)Nc3ccc(N4CCCS4(=O)=O)cc3)c2C1. The van der Waals surface area contributed by atoms with Crippen LogP contribution in [0.4, 0.5) is 11.4 Å². The normalized spacial score (nSPS) is 21.1. The summed E-state index contributed by atoms with van der Waals surface area (Å²) < 4.78 is 31.0. The summed E-state index contributed by atoms with van der Waals surface area (Å²) in [6.45, 7) is 7.15. The van der Waals surface area contributed by atoms with Crippen LogP contribution in [-0.4, -0.2) is 31.8 Å². The molecule has 0 spiro atoms. The van der Waals surface area contributed by atoms with Gasteiger partial charge in [-0.1, -0.05) is 25.9 Å². The number of benzene rings is 1. The third-order valence-electron chi connectivity index (χ3n) is 5.99. The molecule has 8 heteroatoms. The average molecular weight is 418 g/mol. The molecule has 0 bridgehead atoms. The number of nitrogens with one attached hydrogen (secondary N) is 1. The molecule has 156 valence electrons. The third kappa shape index (κ3) is 3.90. The van der Waals surface area contributed by atoms with Gasteiger partial charge < -0.3 is 9.84 Å². The zero-order chi connectivity index (χ0) is 20.8. The van der Waals surface area contributed by atoms with Crippen molar-refractivity contribution in [2.45, 2.75) is 46.5 Å². The Morgan fingerprint density at radius 1 is 1.24 bits per heavy atom. The number of aryl methyl sites for hydroxylation is 1. The molecular formula is C21H27N3O4S. The molecule has 2 aromatic rings. The number of amides is 1. The fraction of sp³-hybridized carbons (Fsp3) is 0.524. The summed E-state index contributed by atoms with van der Waals surface area (Å²) in [5.41, 5.74) is 2.63. The van der Waals surface area contributed by atoms with Crippen LogP contribution in [0, 0.1) is 11.3 Å². The zero-order valence-electron chi connectivity index (χ0n) is 17.1. The lowest BCUT2D eigenvalue weighted by Crippen LogP contribution is -2.27. The van der Waals surface area contributed by atoms with Gasteiger partial charge in [-0.15, -0.1) is 0 Å². The van der Waals surface area contributed by atoms with Crippen molar-refractivity contribution >= 4 is 27.3 Å². The number of nitrogens with zero attached hydrogens (tertiary/aromatic N) is 2. The van der Waals surface area contributed by atoms with Crippen molar-refractivity contribution in [3.8, 4) is 0 Å². The highest BCUT2D eigenvalue weighted by Gasteiger charge is 2.34. The van der Waals surface area contributed by atoms with Gasteiger partial charge in [-0.3, -0.25) is 9.10 Å². The number of carbonyl (C=O) groups excluding carboxylic acids is 1. The first-order valence-corrected chi connectivity index (χ1v) is 11.7. The number of anilines is 2. The molecule has 1 saturated heterocycles. The smallest absolute Gasteiger partial charge is 0.278 e. The molecule has 4 rings (SSSR count). The summed E-state index contributed by atoms with van der Waals surface area (Å²) >= 11 is 0. The summed E-state index contributed by atoms with van der Waals surface area (Å²) in [4.78, 5) is 12.8. The second-order valence-corrected chi connectivity index (χ2v) is 11.0. The Balaban J connectivity index is 1.49. The molecule has 0 saturated carbocycles. The molecule has 1 aliphatic carbocycles. The van der Waals surface area contributed by atoms with Crippen LogP contribution in [-0.2, 0) is 22.9 Å². The third-order valence-corrected chi connectivity index (χ3v) is 7.86. The van der Waals surface area contributed by atoms with E-state index >= 15 is 0 Å². The average Bonchev–Trinajstić information content (AvgIpc) is 3.23. The second-order valence-electron chi connectivity index (χ2n) is 8.98. The largest absolute Gasteiger partial charge is 0.360 e. The van der Waals surface area contributed by atoms with Gasteiger partial charge in [0.1, 0.15) is 5.76 Å². The van der Waals surface area contributed by atoms with Gasteiger partial charge in [0.25, 0.3) is 5.91 Å². The van der Waals surface area contributed by atoms with Gasteiger partial charge in [0.2, 0.25) is 10.0 Å². The number of carbonyl (C=O) groups is 1. The van der Waals surface area contributed by atoms with E-state index in [0.29, 0.717) is 36.0 Å². The number of aromatic nitrogens is 1. The Kier molecular flexibility index (Phi) is 4.93. The molecule has 2 heterocycles. The molecule has 2 aliphatic rings. The van der Waals surface area contributed by atoms with E-state index in [-0.39, 0.29) is 17.1 Å². The van der Waals surface area contributed by atoms with Gasteiger partial charge in [0.15, 0.2) is 5.69 Å². The lowest BCUT2D eigenvalue weighted by molar-refractivity contribution is 0.101. The van der Waals surface area contributed by atoms with E-state index in [1.165, 1.54) is 4.31 Å². The van der Waals surface area contributed by atoms with Crippen molar-refractivity contribution < 1.29 is 17.7 Å². The fourth-order valence-electron chi connectivity index (χ4n) is 4.15. The van der Waals surface area contributed by atoms with Crippen LogP contribution >= 0.6 is 0 Å². The van der Waals surface area contributed by atoms with Crippen LogP contribution in [0.25, 0.3) is 0 Å². The van der Waals surface area contributed by atoms with Crippen LogP contribution in [0.1, 0.15) is 55.4 Å². The Morgan fingerprint density at radius 3 is 2.59 bits per heavy atom. The molecule has 7 nitrogen and oxygen atoms in total.